The van der Waals surface area contributed by atoms with Gasteiger partial charge in [-0.1, -0.05) is 17.7 Å². The highest BCUT2D eigenvalue weighted by Gasteiger charge is 2.18. The van der Waals surface area contributed by atoms with Gasteiger partial charge in [-0.15, -0.1) is 0 Å². The molecule has 1 saturated heterocycles. The van der Waals surface area contributed by atoms with Gasteiger partial charge < -0.3 is 10.1 Å². The third-order valence-electron chi connectivity index (χ3n) is 2.67. The van der Waals surface area contributed by atoms with Gasteiger partial charge >= 0.3 is 0 Å². The molecule has 1 aromatic rings. The van der Waals surface area contributed by atoms with Crippen LogP contribution in [0.2, 0.25) is 5.02 Å². The lowest BCUT2D eigenvalue weighted by Gasteiger charge is -2.16. The zero-order chi connectivity index (χ0) is 10.8. The Labute approximate surface area is 95.6 Å². The van der Waals surface area contributed by atoms with Crippen LogP contribution in [0.5, 0.6) is 5.75 Å². The van der Waals surface area contributed by atoms with Crippen LogP contribution in [-0.4, -0.2) is 19.2 Å². The number of hydrogen-bond acceptors (Lipinski definition) is 2. The number of hydrogen-bond donors (Lipinski definition) is 1. The maximum atomic E-state index is 6.17. The molecule has 15 heavy (non-hydrogen) atoms. The van der Waals surface area contributed by atoms with Crippen molar-refractivity contribution in [3.05, 3.63) is 28.3 Å². The molecule has 1 aliphatic heterocycles. The first-order chi connectivity index (χ1) is 7.16. The molecule has 0 spiro atoms. The Hall–Kier alpha value is -0.730. The van der Waals surface area contributed by atoms with Crippen LogP contribution in [0, 0.1) is 13.8 Å². The quantitative estimate of drug-likeness (QED) is 0.836. The van der Waals surface area contributed by atoms with Crippen LogP contribution in [0.25, 0.3) is 0 Å². The zero-order valence-electron chi connectivity index (χ0n) is 9.14. The molecule has 0 saturated carbocycles. The maximum Gasteiger partial charge on any atom is 0.141 e. The summed E-state index contributed by atoms with van der Waals surface area (Å²) in [5.41, 5.74) is 2.29. The van der Waals surface area contributed by atoms with Gasteiger partial charge in [0.1, 0.15) is 11.9 Å². The first-order valence-corrected chi connectivity index (χ1v) is 5.69. The number of benzene rings is 1. The molecule has 2 rings (SSSR count). The minimum Gasteiger partial charge on any atom is -0.487 e. The number of rotatable bonds is 2. The Bertz CT molecular complexity index is 336. The molecule has 0 radical (unpaired) electrons. The van der Waals surface area contributed by atoms with E-state index in [2.05, 4.69) is 11.4 Å². The molecule has 1 N–H and O–H groups in total. The van der Waals surface area contributed by atoms with Crippen LogP contribution in [0.3, 0.4) is 0 Å². The lowest BCUT2D eigenvalue weighted by molar-refractivity contribution is 0.221. The Morgan fingerprint density at radius 1 is 1.40 bits per heavy atom. The van der Waals surface area contributed by atoms with Crippen LogP contribution in [-0.2, 0) is 0 Å². The molecular formula is C12H16ClNO. The molecule has 3 heteroatoms. The predicted molar refractivity (Wildman–Crippen MR) is 62.8 cm³/mol. The normalized spacial score (nSPS) is 20.6. The van der Waals surface area contributed by atoms with E-state index in [-0.39, 0.29) is 6.10 Å². The second-order valence-corrected chi connectivity index (χ2v) is 4.53. The SMILES string of the molecule is Cc1cc(C)c(O[C@@H]2CCNC2)c(Cl)c1. The zero-order valence-corrected chi connectivity index (χ0v) is 9.90. The summed E-state index contributed by atoms with van der Waals surface area (Å²) < 4.78 is 5.90. The van der Waals surface area contributed by atoms with Crippen LogP contribution >= 0.6 is 11.6 Å². The second kappa shape index (κ2) is 4.42. The fourth-order valence-electron chi connectivity index (χ4n) is 1.95. The van der Waals surface area contributed by atoms with Gasteiger partial charge in [0.05, 0.1) is 5.02 Å². The molecule has 2 nitrogen and oxygen atoms in total. The van der Waals surface area contributed by atoms with E-state index in [4.69, 9.17) is 16.3 Å². The van der Waals surface area contributed by atoms with E-state index in [9.17, 15) is 0 Å². The number of ether oxygens (including phenoxy) is 1. The van der Waals surface area contributed by atoms with Gasteiger partial charge in [0.15, 0.2) is 0 Å². The number of aryl methyl sites for hydroxylation is 2. The molecule has 1 aromatic carbocycles. The lowest BCUT2D eigenvalue weighted by Crippen LogP contribution is -2.20. The van der Waals surface area contributed by atoms with Crippen LogP contribution < -0.4 is 10.1 Å². The Morgan fingerprint density at radius 2 is 2.20 bits per heavy atom. The fraction of sp³-hybridized carbons (Fsp3) is 0.500. The van der Waals surface area contributed by atoms with E-state index in [1.165, 1.54) is 5.56 Å². The van der Waals surface area contributed by atoms with E-state index in [1.807, 2.05) is 19.9 Å². The van der Waals surface area contributed by atoms with E-state index < -0.39 is 0 Å². The highest BCUT2D eigenvalue weighted by atomic mass is 35.5. The minimum atomic E-state index is 0.268. The second-order valence-electron chi connectivity index (χ2n) is 4.13. The van der Waals surface area contributed by atoms with Crippen molar-refractivity contribution in [1.29, 1.82) is 0 Å². The molecule has 0 bridgehead atoms. The first kappa shape index (κ1) is 10.8. The predicted octanol–water partition coefficient (Wildman–Crippen LogP) is 2.70. The van der Waals surface area contributed by atoms with Crippen molar-refractivity contribution in [1.82, 2.24) is 5.32 Å². The summed E-state index contributed by atoms with van der Waals surface area (Å²) in [7, 11) is 0. The maximum absolute atomic E-state index is 6.17. The van der Waals surface area contributed by atoms with Crippen molar-refractivity contribution < 1.29 is 4.74 Å². The number of nitrogens with one attached hydrogen (secondary N) is 1. The summed E-state index contributed by atoms with van der Waals surface area (Å²) in [6.45, 7) is 6.03. The third kappa shape index (κ3) is 2.44. The van der Waals surface area contributed by atoms with Gasteiger partial charge in [-0.3, -0.25) is 0 Å². The van der Waals surface area contributed by atoms with Gasteiger partial charge in [-0.25, -0.2) is 0 Å². The minimum absolute atomic E-state index is 0.268. The molecule has 1 atom stereocenters. The summed E-state index contributed by atoms with van der Waals surface area (Å²) in [6.07, 6.45) is 1.33. The van der Waals surface area contributed by atoms with Gasteiger partial charge in [0.25, 0.3) is 0 Å². The van der Waals surface area contributed by atoms with Crippen molar-refractivity contribution >= 4 is 11.6 Å². The van der Waals surface area contributed by atoms with Crippen molar-refractivity contribution in [3.8, 4) is 5.75 Å². The lowest BCUT2D eigenvalue weighted by atomic mass is 10.1. The largest absolute Gasteiger partial charge is 0.487 e. The third-order valence-corrected chi connectivity index (χ3v) is 2.95. The smallest absolute Gasteiger partial charge is 0.141 e. The molecule has 0 amide bonds. The van der Waals surface area contributed by atoms with Gasteiger partial charge in [0, 0.05) is 6.54 Å². The highest BCUT2D eigenvalue weighted by molar-refractivity contribution is 6.32. The average molecular weight is 226 g/mol. The van der Waals surface area contributed by atoms with Crippen molar-refractivity contribution in [2.75, 3.05) is 13.1 Å². The first-order valence-electron chi connectivity index (χ1n) is 5.31. The Kier molecular flexibility index (Phi) is 3.17. The monoisotopic (exact) mass is 225 g/mol. The molecule has 82 valence electrons. The van der Waals surface area contributed by atoms with Gasteiger partial charge in [0.2, 0.25) is 0 Å². The summed E-state index contributed by atoms with van der Waals surface area (Å²) in [5.74, 6) is 0.843. The van der Waals surface area contributed by atoms with E-state index in [0.717, 1.165) is 35.8 Å². The van der Waals surface area contributed by atoms with Gasteiger partial charge in [-0.05, 0) is 44.0 Å². The van der Waals surface area contributed by atoms with E-state index >= 15 is 0 Å². The van der Waals surface area contributed by atoms with Crippen LogP contribution in [0.1, 0.15) is 17.5 Å². The molecule has 0 aromatic heterocycles. The Morgan fingerprint density at radius 3 is 2.80 bits per heavy atom. The summed E-state index contributed by atoms with van der Waals surface area (Å²) in [6, 6.07) is 4.05. The summed E-state index contributed by atoms with van der Waals surface area (Å²) in [5, 5.41) is 4.00. The molecule has 0 unspecified atom stereocenters. The molecule has 1 aliphatic rings. The topological polar surface area (TPSA) is 21.3 Å². The van der Waals surface area contributed by atoms with E-state index in [1.54, 1.807) is 0 Å². The average Bonchev–Trinajstić information content (AvgIpc) is 2.63. The Balaban J connectivity index is 2.19. The van der Waals surface area contributed by atoms with E-state index in [0.29, 0.717) is 0 Å². The van der Waals surface area contributed by atoms with Crippen molar-refractivity contribution in [3.63, 3.8) is 0 Å². The fourth-order valence-corrected chi connectivity index (χ4v) is 2.31. The number of halogens is 1. The standard InChI is InChI=1S/C12H16ClNO/c1-8-5-9(2)12(11(13)6-8)15-10-3-4-14-7-10/h5-6,10,14H,3-4,7H2,1-2H3/t10-/m1/s1. The summed E-state index contributed by atoms with van der Waals surface area (Å²) >= 11 is 6.17. The van der Waals surface area contributed by atoms with Gasteiger partial charge in [-0.2, -0.15) is 0 Å². The molecule has 0 aliphatic carbocycles. The van der Waals surface area contributed by atoms with Crippen molar-refractivity contribution in [2.45, 2.75) is 26.4 Å². The molecule has 1 fully saturated rings. The highest BCUT2D eigenvalue weighted by Crippen LogP contribution is 2.31. The summed E-state index contributed by atoms with van der Waals surface area (Å²) in [4.78, 5) is 0. The van der Waals surface area contributed by atoms with Crippen LogP contribution in [0.15, 0.2) is 12.1 Å². The molecular weight excluding hydrogens is 210 g/mol. The molecule has 1 heterocycles. The van der Waals surface area contributed by atoms with Crippen LogP contribution in [0.4, 0.5) is 0 Å². The van der Waals surface area contributed by atoms with Crippen molar-refractivity contribution in [2.24, 2.45) is 0 Å².